The number of carbonyl (C=O) groups excluding carboxylic acids is 3. The number of nitrogens with zero attached hydrogens (tertiary/aromatic N) is 3. The van der Waals surface area contributed by atoms with E-state index in [0.29, 0.717) is 18.4 Å². The van der Waals surface area contributed by atoms with Crippen LogP contribution in [0.1, 0.15) is 76.0 Å². The van der Waals surface area contributed by atoms with E-state index in [1.165, 1.54) is 44.7 Å². The summed E-state index contributed by atoms with van der Waals surface area (Å²) in [5.74, 6) is -2.76. The molecule has 8 atom stereocenters. The van der Waals surface area contributed by atoms with E-state index in [4.69, 9.17) is 23.4 Å². The quantitative estimate of drug-likeness (QED) is 0.302. The summed E-state index contributed by atoms with van der Waals surface area (Å²) in [5.41, 5.74) is -3.47. The molecule has 2 saturated carbocycles. The zero-order valence-corrected chi connectivity index (χ0v) is 26.8. The van der Waals surface area contributed by atoms with Gasteiger partial charge in [-0.3, -0.25) is 19.6 Å². The van der Waals surface area contributed by atoms with E-state index in [0.717, 1.165) is 0 Å². The molecule has 6 rings (SSSR count). The van der Waals surface area contributed by atoms with Crippen LogP contribution in [0.25, 0.3) is 11.3 Å². The van der Waals surface area contributed by atoms with Crippen molar-refractivity contribution < 1.29 is 42.9 Å². The standard InChI is InChI=1S/C34H37N3O10/c1-18(38)43-17-33(4)24-14-26(46-30(41)21-16-36-11-12-37-21)34(5)29(32(24,3)9-8-25(33)44-19(2)39)28(40)27-23(47-34)13-22(45-31(27)42)20-7-6-10-35-15-20/h6-7,10-13,15-16,24-26,28-29,40H,8-9,14,17H2,1-5H3/t24-,25+,26+,28+,29-,32+,33+,34-/m1/s1. The predicted octanol–water partition coefficient (Wildman–Crippen LogP) is 3.84. The fourth-order valence-corrected chi connectivity index (χ4v) is 8.43. The highest BCUT2D eigenvalue weighted by molar-refractivity contribution is 5.87. The Kier molecular flexibility index (Phi) is 8.15. The number of hydrogen-bond donors (Lipinski definition) is 1. The number of pyridine rings is 1. The van der Waals surface area contributed by atoms with Crippen LogP contribution >= 0.6 is 0 Å². The van der Waals surface area contributed by atoms with Crippen LogP contribution in [0.4, 0.5) is 0 Å². The average molecular weight is 648 g/mol. The molecular weight excluding hydrogens is 610 g/mol. The Balaban J connectivity index is 1.51. The monoisotopic (exact) mass is 647 g/mol. The summed E-state index contributed by atoms with van der Waals surface area (Å²) in [6.07, 6.45) is 5.17. The summed E-state index contributed by atoms with van der Waals surface area (Å²) >= 11 is 0. The minimum absolute atomic E-state index is 0.0265. The zero-order valence-electron chi connectivity index (χ0n) is 26.8. The highest BCUT2D eigenvalue weighted by atomic mass is 16.6. The first-order chi connectivity index (χ1) is 22.3. The van der Waals surface area contributed by atoms with Gasteiger partial charge in [-0.2, -0.15) is 0 Å². The predicted molar refractivity (Wildman–Crippen MR) is 163 cm³/mol. The van der Waals surface area contributed by atoms with Gasteiger partial charge < -0.3 is 28.5 Å². The SMILES string of the molecule is CC(=O)OC[C@@]1(C)[C@@H]2C[C@H](OC(=O)c3cnccn3)[C@@]3(C)Oc4cc(-c5cccnc5)oc(=O)c4[C@H](O)[C@@H]3[C@@]2(C)CC[C@@H]1OC(C)=O. The topological polar surface area (TPSA) is 177 Å². The van der Waals surface area contributed by atoms with E-state index >= 15 is 0 Å². The van der Waals surface area contributed by atoms with E-state index in [-0.39, 0.29) is 35.8 Å². The summed E-state index contributed by atoms with van der Waals surface area (Å²) in [4.78, 5) is 63.6. The summed E-state index contributed by atoms with van der Waals surface area (Å²) in [7, 11) is 0. The van der Waals surface area contributed by atoms with Crippen LogP contribution in [0.15, 0.2) is 58.4 Å². The molecule has 0 spiro atoms. The molecular formula is C34H37N3O10. The summed E-state index contributed by atoms with van der Waals surface area (Å²) < 4.78 is 30.0. The molecule has 1 N–H and O–H groups in total. The minimum Gasteiger partial charge on any atom is -0.482 e. The van der Waals surface area contributed by atoms with E-state index < -0.39 is 70.1 Å². The van der Waals surface area contributed by atoms with Gasteiger partial charge >= 0.3 is 23.5 Å². The first-order valence-electron chi connectivity index (χ1n) is 15.5. The Morgan fingerprint density at radius 3 is 2.45 bits per heavy atom. The number of carbonyl (C=O) groups is 3. The van der Waals surface area contributed by atoms with Gasteiger partial charge in [-0.15, -0.1) is 0 Å². The third-order valence-corrected chi connectivity index (χ3v) is 10.4. The Bertz CT molecular complexity index is 1750. The van der Waals surface area contributed by atoms with E-state index in [1.54, 1.807) is 25.3 Å². The van der Waals surface area contributed by atoms with Crippen LogP contribution < -0.4 is 10.4 Å². The number of aromatic nitrogens is 3. The molecule has 47 heavy (non-hydrogen) atoms. The van der Waals surface area contributed by atoms with Crippen LogP contribution in [-0.4, -0.2) is 62.4 Å². The van der Waals surface area contributed by atoms with Gasteiger partial charge in [0.15, 0.2) is 5.69 Å². The molecule has 1 aliphatic heterocycles. The van der Waals surface area contributed by atoms with Crippen LogP contribution in [-0.2, 0) is 23.8 Å². The van der Waals surface area contributed by atoms with E-state index in [2.05, 4.69) is 15.0 Å². The van der Waals surface area contributed by atoms with Crippen LogP contribution in [0.3, 0.4) is 0 Å². The van der Waals surface area contributed by atoms with Gasteiger partial charge in [0.05, 0.1) is 12.3 Å². The second-order valence-electron chi connectivity index (χ2n) is 13.3. The summed E-state index contributed by atoms with van der Waals surface area (Å²) in [6, 6.07) is 4.96. The molecule has 248 valence electrons. The minimum atomic E-state index is -1.41. The lowest BCUT2D eigenvalue weighted by Gasteiger charge is -2.66. The van der Waals surface area contributed by atoms with Crippen LogP contribution in [0, 0.1) is 22.7 Å². The summed E-state index contributed by atoms with van der Waals surface area (Å²) in [5, 5.41) is 12.3. The highest BCUT2D eigenvalue weighted by Crippen LogP contribution is 2.67. The first-order valence-corrected chi connectivity index (χ1v) is 15.5. The molecule has 0 bridgehead atoms. The lowest BCUT2D eigenvalue weighted by molar-refractivity contribution is -0.266. The second kappa shape index (κ2) is 11.9. The van der Waals surface area contributed by atoms with Gasteiger partial charge in [0.1, 0.15) is 41.5 Å². The lowest BCUT2D eigenvalue weighted by Crippen LogP contribution is -2.71. The van der Waals surface area contributed by atoms with Gasteiger partial charge in [0.25, 0.3) is 0 Å². The van der Waals surface area contributed by atoms with Gasteiger partial charge in [-0.05, 0) is 49.7 Å². The molecule has 13 heteroatoms. The molecule has 13 nitrogen and oxygen atoms in total. The fourth-order valence-electron chi connectivity index (χ4n) is 8.43. The Hall–Kier alpha value is -4.65. The maximum atomic E-state index is 13.6. The van der Waals surface area contributed by atoms with Crippen LogP contribution in [0.2, 0.25) is 0 Å². The third kappa shape index (κ3) is 5.45. The number of aliphatic hydroxyl groups excluding tert-OH is 1. The number of hydrogen-bond acceptors (Lipinski definition) is 13. The summed E-state index contributed by atoms with van der Waals surface area (Å²) in [6.45, 7) is 8.14. The first kappa shape index (κ1) is 32.3. The molecule has 3 aliphatic rings. The molecule has 2 fully saturated rings. The Labute approximate surface area is 270 Å². The largest absolute Gasteiger partial charge is 0.482 e. The van der Waals surface area contributed by atoms with Crippen LogP contribution in [0.5, 0.6) is 5.75 Å². The molecule has 4 heterocycles. The zero-order chi connectivity index (χ0) is 33.7. The van der Waals surface area contributed by atoms with Gasteiger partial charge in [-0.25, -0.2) is 14.6 Å². The normalized spacial score (nSPS) is 32.4. The van der Waals surface area contributed by atoms with Gasteiger partial charge in [0.2, 0.25) is 0 Å². The van der Waals surface area contributed by atoms with Crippen molar-refractivity contribution in [1.29, 1.82) is 0 Å². The number of ether oxygens (including phenoxy) is 4. The maximum Gasteiger partial charge on any atom is 0.358 e. The Morgan fingerprint density at radius 1 is 1.02 bits per heavy atom. The maximum absolute atomic E-state index is 13.6. The highest BCUT2D eigenvalue weighted by Gasteiger charge is 2.71. The number of rotatable bonds is 6. The molecule has 0 aromatic carbocycles. The molecule has 0 unspecified atom stereocenters. The van der Waals surface area contributed by atoms with Crippen molar-refractivity contribution in [2.75, 3.05) is 6.61 Å². The Morgan fingerprint density at radius 2 is 1.79 bits per heavy atom. The average Bonchev–Trinajstić information content (AvgIpc) is 3.03. The fraction of sp³-hybridized carbons (Fsp3) is 0.500. The van der Waals surface area contributed by atoms with Gasteiger partial charge in [0, 0.05) is 61.6 Å². The van der Waals surface area contributed by atoms with Crippen molar-refractivity contribution in [3.8, 4) is 17.1 Å². The number of esters is 3. The molecule has 3 aromatic heterocycles. The molecule has 0 saturated heterocycles. The lowest BCUT2D eigenvalue weighted by atomic mass is 9.42. The van der Waals surface area contributed by atoms with Crippen molar-refractivity contribution in [2.45, 2.75) is 77.8 Å². The number of fused-ring (bicyclic) bond motifs is 4. The van der Waals surface area contributed by atoms with Crippen molar-refractivity contribution >= 4 is 17.9 Å². The van der Waals surface area contributed by atoms with E-state index in [1.807, 2.05) is 13.8 Å². The van der Waals surface area contributed by atoms with Crippen molar-refractivity contribution in [1.82, 2.24) is 15.0 Å². The molecule has 3 aromatic rings. The van der Waals surface area contributed by atoms with E-state index in [9.17, 15) is 24.3 Å². The molecule has 0 amide bonds. The number of aliphatic hydroxyl groups is 1. The smallest absolute Gasteiger partial charge is 0.358 e. The van der Waals surface area contributed by atoms with Crippen molar-refractivity contribution in [3.05, 3.63) is 70.9 Å². The van der Waals surface area contributed by atoms with Crippen molar-refractivity contribution in [2.24, 2.45) is 22.7 Å². The molecule has 2 aliphatic carbocycles. The second-order valence-corrected chi connectivity index (χ2v) is 13.3. The van der Waals surface area contributed by atoms with Gasteiger partial charge in [-0.1, -0.05) is 13.8 Å². The molecule has 0 radical (unpaired) electrons. The third-order valence-electron chi connectivity index (χ3n) is 10.4. The van der Waals surface area contributed by atoms with Crippen molar-refractivity contribution in [3.63, 3.8) is 0 Å².